The zero-order chi connectivity index (χ0) is 24.7. The quantitative estimate of drug-likeness (QED) is 0.145. The molecule has 0 atom stereocenters. The summed E-state index contributed by atoms with van der Waals surface area (Å²) in [4.78, 5) is 29.9. The maximum atomic E-state index is 13.0. The van der Waals surface area contributed by atoms with Gasteiger partial charge in [-0.1, -0.05) is 66.7 Å². The van der Waals surface area contributed by atoms with E-state index >= 15 is 0 Å². The van der Waals surface area contributed by atoms with Crippen molar-refractivity contribution in [2.75, 3.05) is 0 Å². The molecule has 0 spiro atoms. The maximum Gasteiger partial charge on any atom is 0.343 e. The third-order valence-electron chi connectivity index (χ3n) is 5.51. The molecule has 0 aliphatic rings. The minimum absolute atomic E-state index is 0.338. The third kappa shape index (κ3) is 5.18. The lowest BCUT2D eigenvalue weighted by molar-refractivity contribution is 0.0734. The molecule has 0 unspecified atom stereocenters. The van der Waals surface area contributed by atoms with E-state index < -0.39 is 5.97 Å². The van der Waals surface area contributed by atoms with Gasteiger partial charge >= 0.3 is 5.97 Å². The predicted molar refractivity (Wildman–Crippen MR) is 140 cm³/mol. The fourth-order valence-electron chi connectivity index (χ4n) is 3.71. The highest BCUT2D eigenvalue weighted by Crippen LogP contribution is 2.24. The van der Waals surface area contributed by atoms with Gasteiger partial charge in [0.2, 0.25) is 0 Å². The lowest BCUT2D eigenvalue weighted by Crippen LogP contribution is -2.18. The highest BCUT2D eigenvalue weighted by molar-refractivity contribution is 6.07. The molecule has 5 aromatic rings. The van der Waals surface area contributed by atoms with Crippen LogP contribution in [0.3, 0.4) is 0 Å². The number of benzene rings is 4. The van der Waals surface area contributed by atoms with Gasteiger partial charge in [0.1, 0.15) is 5.75 Å². The molecular formula is C30H21N3O3. The molecular weight excluding hydrogens is 450 g/mol. The highest BCUT2D eigenvalue weighted by Gasteiger charge is 2.13. The van der Waals surface area contributed by atoms with Crippen LogP contribution in [0.25, 0.3) is 22.2 Å². The maximum absolute atomic E-state index is 13.0. The van der Waals surface area contributed by atoms with Crippen LogP contribution in [0.4, 0.5) is 0 Å². The van der Waals surface area contributed by atoms with E-state index in [0.717, 1.165) is 22.0 Å². The summed E-state index contributed by atoms with van der Waals surface area (Å²) >= 11 is 0. The van der Waals surface area contributed by atoms with Crippen LogP contribution < -0.4 is 10.2 Å². The standard InChI is InChI=1S/C30H21N3O3/c34-29(26-19-28(22-9-3-1-4-10-22)32-27-14-8-7-13-25(26)27)33-31-20-21-15-17-24(18-16-21)36-30(35)23-11-5-2-6-12-23/h1-20H,(H,33,34)/b31-20+. The number of hydrogen-bond donors (Lipinski definition) is 1. The number of para-hydroxylation sites is 1. The topological polar surface area (TPSA) is 80.6 Å². The summed E-state index contributed by atoms with van der Waals surface area (Å²) < 4.78 is 5.39. The van der Waals surface area contributed by atoms with Gasteiger partial charge in [0.25, 0.3) is 5.91 Å². The second kappa shape index (κ2) is 10.4. The number of carbonyl (C=O) groups is 2. The second-order valence-corrected chi connectivity index (χ2v) is 7.96. The lowest BCUT2D eigenvalue weighted by atomic mass is 10.0. The first-order valence-electron chi connectivity index (χ1n) is 11.3. The molecule has 5 rings (SSSR count). The molecule has 1 N–H and O–H groups in total. The van der Waals surface area contributed by atoms with Crippen molar-refractivity contribution >= 4 is 29.0 Å². The molecule has 0 aliphatic heterocycles. The van der Waals surface area contributed by atoms with Crippen LogP contribution in [0.2, 0.25) is 0 Å². The lowest BCUT2D eigenvalue weighted by Gasteiger charge is -2.09. The summed E-state index contributed by atoms with van der Waals surface area (Å²) in [5.74, 6) is -0.346. The highest BCUT2D eigenvalue weighted by atomic mass is 16.5. The molecule has 0 saturated carbocycles. The minimum atomic E-state index is -0.427. The molecule has 6 nitrogen and oxygen atoms in total. The largest absolute Gasteiger partial charge is 0.423 e. The van der Waals surface area contributed by atoms with Gasteiger partial charge < -0.3 is 4.74 Å². The first-order chi connectivity index (χ1) is 17.7. The number of esters is 1. The van der Waals surface area contributed by atoms with Crippen molar-refractivity contribution in [2.24, 2.45) is 5.10 Å². The molecule has 0 fully saturated rings. The number of aromatic nitrogens is 1. The van der Waals surface area contributed by atoms with Gasteiger partial charge in [0, 0.05) is 10.9 Å². The van der Waals surface area contributed by atoms with Crippen molar-refractivity contribution < 1.29 is 14.3 Å². The summed E-state index contributed by atoms with van der Waals surface area (Å²) in [6.07, 6.45) is 1.53. The van der Waals surface area contributed by atoms with E-state index in [1.54, 1.807) is 54.6 Å². The Bertz CT molecular complexity index is 1550. The Kier molecular flexibility index (Phi) is 6.58. The van der Waals surface area contributed by atoms with Gasteiger partial charge in [-0.05, 0) is 54.1 Å². The van der Waals surface area contributed by atoms with Crippen LogP contribution in [0.15, 0.2) is 120 Å². The van der Waals surface area contributed by atoms with Crippen LogP contribution >= 0.6 is 0 Å². The summed E-state index contributed by atoms with van der Waals surface area (Å²) in [7, 11) is 0. The van der Waals surface area contributed by atoms with Crippen molar-refractivity contribution in [3.63, 3.8) is 0 Å². The number of rotatable bonds is 6. The Labute approximate surface area is 207 Å². The third-order valence-corrected chi connectivity index (χ3v) is 5.51. The molecule has 36 heavy (non-hydrogen) atoms. The van der Waals surface area contributed by atoms with Crippen molar-refractivity contribution in [1.29, 1.82) is 0 Å². The fourth-order valence-corrected chi connectivity index (χ4v) is 3.71. The van der Waals surface area contributed by atoms with Gasteiger partial charge in [0.15, 0.2) is 0 Å². The number of ether oxygens (including phenoxy) is 1. The molecule has 1 amide bonds. The number of carbonyl (C=O) groups excluding carboxylic acids is 2. The van der Waals surface area contributed by atoms with Gasteiger partial charge in [-0.2, -0.15) is 5.10 Å². The van der Waals surface area contributed by atoms with Crippen LogP contribution in [-0.4, -0.2) is 23.1 Å². The van der Waals surface area contributed by atoms with E-state index in [-0.39, 0.29) is 5.91 Å². The minimum Gasteiger partial charge on any atom is -0.423 e. The molecule has 6 heteroatoms. The van der Waals surface area contributed by atoms with Crippen molar-refractivity contribution in [1.82, 2.24) is 10.4 Å². The van der Waals surface area contributed by atoms with Gasteiger partial charge in [-0.15, -0.1) is 0 Å². The molecule has 1 aromatic heterocycles. The fraction of sp³-hybridized carbons (Fsp3) is 0. The Hall–Kier alpha value is -5.10. The SMILES string of the molecule is O=C(Oc1ccc(/C=N/NC(=O)c2cc(-c3ccccc3)nc3ccccc23)cc1)c1ccccc1. The van der Waals surface area contributed by atoms with Crippen LogP contribution in [0.1, 0.15) is 26.3 Å². The number of pyridine rings is 1. The summed E-state index contributed by atoms with van der Waals surface area (Å²) in [6.45, 7) is 0. The molecule has 174 valence electrons. The first-order valence-corrected chi connectivity index (χ1v) is 11.3. The van der Waals surface area contributed by atoms with Gasteiger partial charge in [-0.3, -0.25) is 4.79 Å². The second-order valence-electron chi connectivity index (χ2n) is 7.96. The number of nitrogens with one attached hydrogen (secondary N) is 1. The molecule has 0 aliphatic carbocycles. The first kappa shape index (κ1) is 22.7. The average Bonchev–Trinajstić information content (AvgIpc) is 2.94. The number of fused-ring (bicyclic) bond motifs is 1. The Morgan fingerprint density at radius 2 is 1.44 bits per heavy atom. The van der Waals surface area contributed by atoms with Crippen LogP contribution in [-0.2, 0) is 0 Å². The van der Waals surface area contributed by atoms with Crippen LogP contribution in [0.5, 0.6) is 5.75 Å². The van der Waals surface area contributed by atoms with E-state index in [4.69, 9.17) is 9.72 Å². The Morgan fingerprint density at radius 3 is 2.19 bits per heavy atom. The van der Waals surface area contributed by atoms with Crippen molar-refractivity contribution in [3.8, 4) is 17.0 Å². The number of nitrogens with zero attached hydrogens (tertiary/aromatic N) is 2. The van der Waals surface area contributed by atoms with Gasteiger partial charge in [0.05, 0.1) is 28.6 Å². The molecule has 0 radical (unpaired) electrons. The number of hydrazone groups is 1. The normalized spacial score (nSPS) is 10.9. The number of hydrogen-bond acceptors (Lipinski definition) is 5. The van der Waals surface area contributed by atoms with E-state index in [1.165, 1.54) is 6.21 Å². The predicted octanol–water partition coefficient (Wildman–Crippen LogP) is 5.88. The van der Waals surface area contributed by atoms with Crippen LogP contribution in [0, 0.1) is 0 Å². The summed E-state index contributed by atoms with van der Waals surface area (Å²) in [6, 6.07) is 34.6. The average molecular weight is 472 g/mol. The Morgan fingerprint density at radius 1 is 0.778 bits per heavy atom. The molecule has 0 saturated heterocycles. The van der Waals surface area contributed by atoms with E-state index in [2.05, 4.69) is 10.5 Å². The van der Waals surface area contributed by atoms with E-state index in [0.29, 0.717) is 22.6 Å². The Balaban J connectivity index is 1.29. The molecule has 1 heterocycles. The van der Waals surface area contributed by atoms with Gasteiger partial charge in [-0.25, -0.2) is 15.2 Å². The van der Waals surface area contributed by atoms with E-state index in [9.17, 15) is 9.59 Å². The molecule has 0 bridgehead atoms. The van der Waals surface area contributed by atoms with Crippen molar-refractivity contribution in [3.05, 3.63) is 132 Å². The summed E-state index contributed by atoms with van der Waals surface area (Å²) in [5.41, 5.74) is 6.67. The van der Waals surface area contributed by atoms with Crippen molar-refractivity contribution in [2.45, 2.75) is 0 Å². The zero-order valence-corrected chi connectivity index (χ0v) is 19.2. The smallest absolute Gasteiger partial charge is 0.343 e. The number of amides is 1. The molecule has 4 aromatic carbocycles. The zero-order valence-electron chi connectivity index (χ0n) is 19.2. The van der Waals surface area contributed by atoms with E-state index in [1.807, 2.05) is 60.7 Å². The monoisotopic (exact) mass is 471 g/mol. The summed E-state index contributed by atoms with van der Waals surface area (Å²) in [5, 5.41) is 4.86.